The van der Waals surface area contributed by atoms with Gasteiger partial charge in [0, 0.05) is 62.9 Å². The number of amides is 1. The molecule has 0 aliphatic carbocycles. The number of hydrogen-bond acceptors (Lipinski definition) is 6. The number of carbonyl (C=O) groups excluding carboxylic acids is 1. The van der Waals surface area contributed by atoms with E-state index in [0.29, 0.717) is 6.04 Å². The molecule has 0 radical (unpaired) electrons. The summed E-state index contributed by atoms with van der Waals surface area (Å²) < 4.78 is 0. The van der Waals surface area contributed by atoms with E-state index in [4.69, 9.17) is 0 Å². The number of nitrogens with one attached hydrogen (secondary N) is 1. The maximum Gasteiger partial charge on any atom is 0.291 e. The van der Waals surface area contributed by atoms with Gasteiger partial charge in [0.25, 0.3) is 5.91 Å². The van der Waals surface area contributed by atoms with Gasteiger partial charge in [-0.05, 0) is 38.8 Å². The molecule has 27 heavy (non-hydrogen) atoms. The van der Waals surface area contributed by atoms with E-state index < -0.39 is 0 Å². The lowest BCUT2D eigenvalue weighted by atomic mass is 10.1. The third-order valence-corrected chi connectivity index (χ3v) is 5.12. The zero-order chi connectivity index (χ0) is 19.6. The summed E-state index contributed by atoms with van der Waals surface area (Å²) in [4.78, 5) is 29.2. The van der Waals surface area contributed by atoms with Gasteiger partial charge >= 0.3 is 0 Å². The van der Waals surface area contributed by atoms with E-state index in [1.165, 1.54) is 10.5 Å². The second kappa shape index (κ2) is 8.00. The largest absolute Gasteiger partial charge is 0.355 e. The maximum absolute atomic E-state index is 12.3. The van der Waals surface area contributed by atoms with Crippen LogP contribution in [0.25, 0.3) is 0 Å². The van der Waals surface area contributed by atoms with Gasteiger partial charge in [0.15, 0.2) is 0 Å². The van der Waals surface area contributed by atoms with Crippen molar-refractivity contribution in [3.8, 4) is 0 Å². The fourth-order valence-electron chi connectivity index (χ4n) is 3.39. The minimum Gasteiger partial charge on any atom is -0.355 e. The minimum absolute atomic E-state index is 0.168. The van der Waals surface area contributed by atoms with Gasteiger partial charge in [-0.25, -0.2) is 9.97 Å². The lowest BCUT2D eigenvalue weighted by Crippen LogP contribution is -2.35. The van der Waals surface area contributed by atoms with Gasteiger partial charge in [-0.2, -0.15) is 0 Å². The van der Waals surface area contributed by atoms with Crippen LogP contribution in [0.15, 0.2) is 24.5 Å². The molecule has 7 heteroatoms. The first-order valence-corrected chi connectivity index (χ1v) is 9.34. The van der Waals surface area contributed by atoms with Gasteiger partial charge in [-0.15, -0.1) is 0 Å². The highest BCUT2D eigenvalue weighted by molar-refractivity contribution is 5.90. The summed E-state index contributed by atoms with van der Waals surface area (Å²) in [5.74, 6) is 0.961. The molecule has 1 unspecified atom stereocenters. The van der Waals surface area contributed by atoms with Crippen LogP contribution in [0.3, 0.4) is 0 Å². The Morgan fingerprint density at radius 2 is 2.11 bits per heavy atom. The average Bonchev–Trinajstić information content (AvgIpc) is 3.12. The predicted octanol–water partition coefficient (Wildman–Crippen LogP) is 2.12. The van der Waals surface area contributed by atoms with Gasteiger partial charge in [-0.1, -0.05) is 6.07 Å². The van der Waals surface area contributed by atoms with Crippen LogP contribution in [0, 0.1) is 13.8 Å². The van der Waals surface area contributed by atoms with Crippen molar-refractivity contribution in [2.24, 2.45) is 0 Å². The van der Waals surface area contributed by atoms with Crippen molar-refractivity contribution in [1.29, 1.82) is 0 Å². The highest BCUT2D eigenvalue weighted by atomic mass is 16.2. The Bertz CT molecular complexity index is 808. The Hall–Kier alpha value is -2.54. The molecule has 1 fully saturated rings. The third-order valence-electron chi connectivity index (χ3n) is 5.12. The van der Waals surface area contributed by atoms with Crippen molar-refractivity contribution in [3.63, 3.8) is 0 Å². The Labute approximate surface area is 160 Å². The molecular formula is C20H28N6O. The van der Waals surface area contributed by atoms with E-state index in [1.54, 1.807) is 20.3 Å². The molecule has 1 N–H and O–H groups in total. The molecule has 2 atom stereocenters. The first kappa shape index (κ1) is 19.2. The van der Waals surface area contributed by atoms with Crippen molar-refractivity contribution in [2.45, 2.75) is 39.3 Å². The minimum atomic E-state index is -0.168. The molecule has 7 nitrogen and oxygen atoms in total. The highest BCUT2D eigenvalue weighted by Crippen LogP contribution is 2.25. The van der Waals surface area contributed by atoms with Gasteiger partial charge in [-0.3, -0.25) is 9.78 Å². The molecule has 144 valence electrons. The molecular weight excluding hydrogens is 340 g/mol. The SMILES string of the molecule is Cc1nc(C(=O)N(C)C)nc(N2CC[C@@H](NC(C)c3cccnc3)C2)c1C. The average molecular weight is 368 g/mol. The number of hydrogen-bond donors (Lipinski definition) is 1. The molecule has 3 heterocycles. The monoisotopic (exact) mass is 368 g/mol. The number of carbonyl (C=O) groups is 1. The number of anilines is 1. The summed E-state index contributed by atoms with van der Waals surface area (Å²) in [6, 6.07) is 4.66. The zero-order valence-corrected chi connectivity index (χ0v) is 16.7. The van der Waals surface area contributed by atoms with E-state index in [-0.39, 0.29) is 17.8 Å². The van der Waals surface area contributed by atoms with Gasteiger partial charge in [0.1, 0.15) is 5.82 Å². The summed E-state index contributed by atoms with van der Waals surface area (Å²) in [6.45, 7) is 7.88. The van der Waals surface area contributed by atoms with E-state index in [9.17, 15) is 4.79 Å². The summed E-state index contributed by atoms with van der Waals surface area (Å²) in [5, 5.41) is 3.68. The van der Waals surface area contributed by atoms with Gasteiger partial charge < -0.3 is 15.1 Å². The van der Waals surface area contributed by atoms with E-state index in [1.807, 2.05) is 26.1 Å². The number of aromatic nitrogens is 3. The summed E-state index contributed by atoms with van der Waals surface area (Å²) in [7, 11) is 3.44. The first-order chi connectivity index (χ1) is 12.9. The summed E-state index contributed by atoms with van der Waals surface area (Å²) in [5.41, 5.74) is 3.07. The van der Waals surface area contributed by atoms with Crippen LogP contribution < -0.4 is 10.2 Å². The van der Waals surface area contributed by atoms with Crippen LogP contribution in [0.4, 0.5) is 5.82 Å². The topological polar surface area (TPSA) is 74.2 Å². The summed E-state index contributed by atoms with van der Waals surface area (Å²) in [6.07, 6.45) is 4.73. The normalized spacial score (nSPS) is 17.8. The van der Waals surface area contributed by atoms with Crippen LogP contribution in [0.1, 0.15) is 46.8 Å². The molecule has 3 rings (SSSR count). The van der Waals surface area contributed by atoms with Crippen LogP contribution in [0.2, 0.25) is 0 Å². The molecule has 1 aliphatic heterocycles. The fraction of sp³-hybridized carbons (Fsp3) is 0.500. The standard InChI is InChI=1S/C20H28N6O/c1-13-14(2)23-18(20(27)25(4)5)24-19(13)26-10-8-17(12-26)22-15(3)16-7-6-9-21-11-16/h6-7,9,11,15,17,22H,8,10,12H2,1-5H3/t15?,17-/m1/s1. The van der Waals surface area contributed by atoms with Crippen LogP contribution >= 0.6 is 0 Å². The first-order valence-electron chi connectivity index (χ1n) is 9.34. The maximum atomic E-state index is 12.3. The number of pyridine rings is 1. The second-order valence-electron chi connectivity index (χ2n) is 7.39. The summed E-state index contributed by atoms with van der Waals surface area (Å²) >= 11 is 0. The molecule has 2 aromatic heterocycles. The molecule has 0 saturated carbocycles. The smallest absolute Gasteiger partial charge is 0.291 e. The zero-order valence-electron chi connectivity index (χ0n) is 16.7. The van der Waals surface area contributed by atoms with Crippen LogP contribution in [-0.2, 0) is 0 Å². The van der Waals surface area contributed by atoms with Gasteiger partial charge in [0.2, 0.25) is 5.82 Å². The molecule has 1 saturated heterocycles. The Kier molecular flexibility index (Phi) is 5.70. The van der Waals surface area contributed by atoms with Crippen LogP contribution in [-0.4, -0.2) is 59.0 Å². The third kappa shape index (κ3) is 4.24. The lowest BCUT2D eigenvalue weighted by Gasteiger charge is -2.23. The molecule has 0 aromatic carbocycles. The molecule has 0 spiro atoms. The molecule has 0 bridgehead atoms. The van der Waals surface area contributed by atoms with Crippen molar-refractivity contribution in [2.75, 3.05) is 32.1 Å². The number of rotatable bonds is 5. The lowest BCUT2D eigenvalue weighted by molar-refractivity contribution is 0.0815. The second-order valence-corrected chi connectivity index (χ2v) is 7.39. The molecule has 1 amide bonds. The fourth-order valence-corrected chi connectivity index (χ4v) is 3.39. The molecule has 2 aromatic rings. The Morgan fingerprint density at radius 3 is 2.78 bits per heavy atom. The Balaban J connectivity index is 1.74. The van der Waals surface area contributed by atoms with Gasteiger partial charge in [0.05, 0.1) is 0 Å². The van der Waals surface area contributed by atoms with E-state index in [2.05, 4.69) is 38.2 Å². The van der Waals surface area contributed by atoms with Crippen molar-refractivity contribution in [1.82, 2.24) is 25.2 Å². The quantitative estimate of drug-likeness (QED) is 0.871. The van der Waals surface area contributed by atoms with E-state index >= 15 is 0 Å². The van der Waals surface area contributed by atoms with E-state index in [0.717, 1.165) is 36.6 Å². The Morgan fingerprint density at radius 1 is 1.33 bits per heavy atom. The van der Waals surface area contributed by atoms with Crippen LogP contribution in [0.5, 0.6) is 0 Å². The van der Waals surface area contributed by atoms with Crippen molar-refractivity contribution >= 4 is 11.7 Å². The predicted molar refractivity (Wildman–Crippen MR) is 106 cm³/mol. The number of nitrogens with zero attached hydrogens (tertiary/aromatic N) is 5. The van der Waals surface area contributed by atoms with Crippen molar-refractivity contribution < 1.29 is 4.79 Å². The highest BCUT2D eigenvalue weighted by Gasteiger charge is 2.27. The molecule has 1 aliphatic rings. The van der Waals surface area contributed by atoms with Crippen molar-refractivity contribution in [3.05, 3.63) is 47.2 Å². The number of aryl methyl sites for hydroxylation is 1.